The number of benzene rings is 1. The summed E-state index contributed by atoms with van der Waals surface area (Å²) in [7, 11) is 0. The Hall–Kier alpha value is -3.80. The molecule has 41 heavy (non-hydrogen) atoms. The van der Waals surface area contributed by atoms with E-state index in [1.807, 2.05) is 58.2 Å². The Morgan fingerprint density at radius 3 is 2.61 bits per heavy atom. The van der Waals surface area contributed by atoms with Crippen molar-refractivity contribution in [2.24, 2.45) is 10.5 Å². The molecule has 2 aliphatic rings. The van der Waals surface area contributed by atoms with Crippen LogP contribution in [0.4, 0.5) is 0 Å². The van der Waals surface area contributed by atoms with Gasteiger partial charge in [-0.3, -0.25) is 9.59 Å². The van der Waals surface area contributed by atoms with Gasteiger partial charge in [-0.25, -0.2) is 9.67 Å². The van der Waals surface area contributed by atoms with Gasteiger partial charge in [0.25, 0.3) is 0 Å². The first-order chi connectivity index (χ1) is 19.6. The number of aryl methyl sites for hydroxylation is 1. The van der Waals surface area contributed by atoms with Gasteiger partial charge in [0.15, 0.2) is 0 Å². The van der Waals surface area contributed by atoms with Crippen LogP contribution in [0, 0.1) is 12.3 Å². The van der Waals surface area contributed by atoms with Crippen molar-refractivity contribution < 1.29 is 14.7 Å². The number of thiazole rings is 1. The predicted molar refractivity (Wildman–Crippen MR) is 154 cm³/mol. The monoisotopic (exact) mass is 577 g/mol. The fraction of sp³-hybridized carbons (Fsp3) is 0.536. The molecule has 13 heteroatoms. The number of azide groups is 1. The Morgan fingerprint density at radius 2 is 2.00 bits per heavy atom. The number of nitrogens with zero attached hydrogens (tertiary/aromatic N) is 8. The number of carbonyl (C=O) groups is 2. The number of hydrogen-bond donors (Lipinski definition) is 2. The number of aromatic nitrogens is 4. The van der Waals surface area contributed by atoms with Crippen LogP contribution in [0.5, 0.6) is 0 Å². The van der Waals surface area contributed by atoms with Gasteiger partial charge in [0.1, 0.15) is 12.1 Å². The standard InChI is InChI=1S/C28H35N9O3S/c1-16-24(41-15-30-16)19-9-7-17(8-10-19)21(12-31-34-29)32-26(39)23-11-20(38)13-36(23)27(40)25(28(2,3)4)37-14-22(33-35-37)18-5-6-18/h7-10,14-15,18,20-21,23,25,38H,5-6,11-13H2,1-4H3,(H,32,39)/t20-,21+,23+,25-/m1/s1. The second-order valence-corrected chi connectivity index (χ2v) is 12.8. The van der Waals surface area contributed by atoms with E-state index < -0.39 is 35.6 Å². The molecule has 12 nitrogen and oxygen atoms in total. The molecule has 2 amide bonds. The minimum Gasteiger partial charge on any atom is -0.391 e. The third kappa shape index (κ3) is 6.27. The summed E-state index contributed by atoms with van der Waals surface area (Å²) >= 11 is 1.55. The number of nitrogens with one attached hydrogen (secondary N) is 1. The molecule has 1 saturated heterocycles. The first-order valence-corrected chi connectivity index (χ1v) is 14.7. The van der Waals surface area contributed by atoms with E-state index in [1.165, 1.54) is 4.90 Å². The topological polar surface area (TPSA) is 162 Å². The van der Waals surface area contributed by atoms with Crippen molar-refractivity contribution in [2.45, 2.75) is 77.1 Å². The number of amides is 2. The van der Waals surface area contributed by atoms with Gasteiger partial charge < -0.3 is 15.3 Å². The van der Waals surface area contributed by atoms with Crippen molar-refractivity contribution >= 4 is 23.2 Å². The lowest BCUT2D eigenvalue weighted by Crippen LogP contribution is -2.51. The molecule has 0 bridgehead atoms. The van der Waals surface area contributed by atoms with Crippen LogP contribution in [0.3, 0.4) is 0 Å². The number of rotatable bonds is 9. The summed E-state index contributed by atoms with van der Waals surface area (Å²) < 4.78 is 1.60. The normalized spacial score (nSPS) is 20.4. The van der Waals surface area contributed by atoms with E-state index in [4.69, 9.17) is 5.53 Å². The smallest absolute Gasteiger partial charge is 0.248 e. The first kappa shape index (κ1) is 28.7. The van der Waals surface area contributed by atoms with E-state index >= 15 is 0 Å². The molecule has 4 atom stereocenters. The Bertz CT molecular complexity index is 1450. The second-order valence-electron chi connectivity index (χ2n) is 11.9. The summed E-state index contributed by atoms with van der Waals surface area (Å²) in [4.78, 5) is 37.4. The Kier molecular flexibility index (Phi) is 8.12. The molecule has 2 N–H and O–H groups in total. The number of β-amino-alcohol motifs (C(OH)–C–C–N with tert-alkyl or cyclic N) is 1. The highest BCUT2D eigenvalue weighted by atomic mass is 32.1. The van der Waals surface area contributed by atoms with E-state index in [0.29, 0.717) is 5.92 Å². The van der Waals surface area contributed by atoms with Crippen LogP contribution < -0.4 is 5.32 Å². The van der Waals surface area contributed by atoms with Crippen molar-refractivity contribution in [3.63, 3.8) is 0 Å². The molecule has 1 saturated carbocycles. The third-order valence-corrected chi connectivity index (χ3v) is 8.65. The van der Waals surface area contributed by atoms with Crippen LogP contribution in [0.2, 0.25) is 0 Å². The minimum atomic E-state index is -0.888. The van der Waals surface area contributed by atoms with Gasteiger partial charge in [0.2, 0.25) is 11.8 Å². The number of likely N-dealkylation sites (tertiary alicyclic amines) is 1. The zero-order chi connectivity index (χ0) is 29.3. The highest BCUT2D eigenvalue weighted by molar-refractivity contribution is 7.13. The van der Waals surface area contributed by atoms with Crippen LogP contribution in [-0.4, -0.2) is 67.0 Å². The third-order valence-electron chi connectivity index (χ3n) is 7.67. The van der Waals surface area contributed by atoms with Crippen molar-refractivity contribution in [3.05, 3.63) is 63.4 Å². The summed E-state index contributed by atoms with van der Waals surface area (Å²) in [6.45, 7) is 7.83. The number of aliphatic hydroxyl groups is 1. The predicted octanol–water partition coefficient (Wildman–Crippen LogP) is 4.30. The molecule has 0 unspecified atom stereocenters. The van der Waals surface area contributed by atoms with Crippen molar-refractivity contribution in [2.75, 3.05) is 13.1 Å². The lowest BCUT2D eigenvalue weighted by Gasteiger charge is -2.35. The Labute approximate surface area is 242 Å². The quantitative estimate of drug-likeness (QED) is 0.219. The Balaban J connectivity index is 1.36. The highest BCUT2D eigenvalue weighted by Crippen LogP contribution is 2.40. The minimum absolute atomic E-state index is 0.00208. The zero-order valence-electron chi connectivity index (χ0n) is 23.6. The second kappa shape index (κ2) is 11.6. The molecule has 2 aromatic heterocycles. The van der Waals surface area contributed by atoms with E-state index in [1.54, 1.807) is 21.5 Å². The maximum absolute atomic E-state index is 14.0. The number of aliphatic hydroxyl groups excluding tert-OH is 1. The summed E-state index contributed by atoms with van der Waals surface area (Å²) in [6, 6.07) is 5.46. The number of carbonyl (C=O) groups excluding carboxylic acids is 2. The van der Waals surface area contributed by atoms with Crippen LogP contribution in [0.15, 0.2) is 41.1 Å². The molecule has 1 aliphatic carbocycles. The molecule has 5 rings (SSSR count). The van der Waals surface area contributed by atoms with Gasteiger partial charge in [0, 0.05) is 30.0 Å². The molecule has 216 valence electrons. The first-order valence-electron chi connectivity index (χ1n) is 13.8. The fourth-order valence-electron chi connectivity index (χ4n) is 5.39. The largest absolute Gasteiger partial charge is 0.391 e. The molecule has 1 aromatic carbocycles. The van der Waals surface area contributed by atoms with E-state index in [9.17, 15) is 14.7 Å². The molecular weight excluding hydrogens is 542 g/mol. The van der Waals surface area contributed by atoms with Crippen molar-refractivity contribution in [1.29, 1.82) is 0 Å². The van der Waals surface area contributed by atoms with E-state index in [-0.39, 0.29) is 25.4 Å². The van der Waals surface area contributed by atoms with Gasteiger partial charge in [-0.2, -0.15) is 0 Å². The van der Waals surface area contributed by atoms with Gasteiger partial charge in [-0.1, -0.05) is 55.4 Å². The summed E-state index contributed by atoms with van der Waals surface area (Å²) in [5, 5.41) is 25.8. The molecule has 2 fully saturated rings. The van der Waals surface area contributed by atoms with Gasteiger partial charge in [0.05, 0.1) is 40.5 Å². The molecule has 3 heterocycles. The van der Waals surface area contributed by atoms with Crippen LogP contribution >= 0.6 is 11.3 Å². The molecule has 0 spiro atoms. The number of hydrogen-bond acceptors (Lipinski definition) is 8. The van der Waals surface area contributed by atoms with Gasteiger partial charge >= 0.3 is 0 Å². The fourth-order valence-corrected chi connectivity index (χ4v) is 6.20. The van der Waals surface area contributed by atoms with Gasteiger partial charge in [-0.05, 0) is 41.8 Å². The maximum atomic E-state index is 14.0. The van der Waals surface area contributed by atoms with Gasteiger partial charge in [-0.15, -0.1) is 16.4 Å². The van der Waals surface area contributed by atoms with Crippen molar-refractivity contribution in [3.8, 4) is 10.4 Å². The lowest BCUT2D eigenvalue weighted by molar-refractivity contribution is -0.144. The van der Waals surface area contributed by atoms with Crippen LogP contribution in [-0.2, 0) is 9.59 Å². The van der Waals surface area contributed by atoms with E-state index in [2.05, 4.69) is 30.6 Å². The lowest BCUT2D eigenvalue weighted by atomic mass is 9.85. The summed E-state index contributed by atoms with van der Waals surface area (Å²) in [5.74, 6) is -0.322. The zero-order valence-corrected chi connectivity index (χ0v) is 24.5. The molecule has 1 aliphatic heterocycles. The van der Waals surface area contributed by atoms with E-state index in [0.717, 1.165) is 40.2 Å². The Morgan fingerprint density at radius 1 is 1.27 bits per heavy atom. The SMILES string of the molecule is Cc1ncsc1-c1ccc([C@H](CN=[N+]=[N-])NC(=O)[C@@H]2C[C@@H](O)CN2C(=O)[C@@H](n2cc(C3CC3)nn2)C(C)(C)C)cc1. The van der Waals surface area contributed by atoms with Crippen LogP contribution in [0.1, 0.15) is 75.0 Å². The van der Waals surface area contributed by atoms with Crippen LogP contribution in [0.25, 0.3) is 20.9 Å². The average molecular weight is 578 g/mol. The average Bonchev–Trinajstić information content (AvgIpc) is 3.30. The summed E-state index contributed by atoms with van der Waals surface area (Å²) in [6.07, 6.45) is 3.23. The molecule has 3 aromatic rings. The maximum Gasteiger partial charge on any atom is 0.248 e. The molecule has 0 radical (unpaired) electrons. The molecular formula is C28H35N9O3S. The van der Waals surface area contributed by atoms with Crippen molar-refractivity contribution in [1.82, 2.24) is 30.2 Å². The summed E-state index contributed by atoms with van der Waals surface area (Å²) in [5.41, 5.74) is 13.8. The highest BCUT2D eigenvalue weighted by Gasteiger charge is 2.45.